The van der Waals surface area contributed by atoms with E-state index in [-0.39, 0.29) is 0 Å². The molecule has 4 N–H and O–H groups in total. The third-order valence-electron chi connectivity index (χ3n) is 3.73. The maximum atomic E-state index is 5.53. The predicted molar refractivity (Wildman–Crippen MR) is 93.9 cm³/mol. The van der Waals surface area contributed by atoms with E-state index in [9.17, 15) is 0 Å². The van der Waals surface area contributed by atoms with Crippen molar-refractivity contribution in [1.82, 2.24) is 0 Å². The van der Waals surface area contributed by atoms with Crippen molar-refractivity contribution in [3.63, 3.8) is 0 Å². The van der Waals surface area contributed by atoms with Crippen molar-refractivity contribution in [3.8, 4) is 11.1 Å². The highest BCUT2D eigenvalue weighted by atomic mass is 32.1. The third-order valence-corrected chi connectivity index (χ3v) is 3.83. The number of rotatable bonds is 4. The highest BCUT2D eigenvalue weighted by Crippen LogP contribution is 2.39. The van der Waals surface area contributed by atoms with Gasteiger partial charge in [-0.2, -0.15) is 0 Å². The molecule has 21 heavy (non-hydrogen) atoms. The van der Waals surface area contributed by atoms with Crippen LogP contribution in [-0.2, 0) is 6.42 Å². The van der Waals surface area contributed by atoms with Crippen LogP contribution < -0.4 is 16.4 Å². The molecule has 1 aliphatic carbocycles. The number of nitrogens with two attached hydrogens (primary N) is 1. The molecule has 2 aromatic rings. The summed E-state index contributed by atoms with van der Waals surface area (Å²) < 4.78 is 0. The Balaban J connectivity index is 1.88. The minimum atomic E-state index is 0.302. The Bertz CT molecular complexity index is 694. The van der Waals surface area contributed by atoms with Crippen LogP contribution in [0.4, 0.5) is 11.4 Å². The number of nitrogens with one attached hydrogen (secondary N) is 2. The topological polar surface area (TPSA) is 50.1 Å². The fourth-order valence-corrected chi connectivity index (χ4v) is 2.93. The molecule has 0 spiro atoms. The van der Waals surface area contributed by atoms with E-state index < -0.39 is 0 Å². The van der Waals surface area contributed by atoms with Crippen LogP contribution in [-0.4, -0.2) is 11.7 Å². The predicted octanol–water partition coefficient (Wildman–Crippen LogP) is 3.74. The van der Waals surface area contributed by atoms with Crippen LogP contribution in [0.5, 0.6) is 0 Å². The summed E-state index contributed by atoms with van der Waals surface area (Å²) >= 11 is 4.89. The SMILES string of the molecule is CCCNc1ccc2c(c1)Cc1cc(NC(N)=S)ccc1-2. The minimum Gasteiger partial charge on any atom is -0.385 e. The van der Waals surface area contributed by atoms with E-state index in [2.05, 4.69) is 47.9 Å². The van der Waals surface area contributed by atoms with E-state index >= 15 is 0 Å². The molecule has 1 aliphatic rings. The van der Waals surface area contributed by atoms with Crippen molar-refractivity contribution in [3.05, 3.63) is 47.5 Å². The van der Waals surface area contributed by atoms with Gasteiger partial charge in [0.2, 0.25) is 0 Å². The van der Waals surface area contributed by atoms with Crippen molar-refractivity contribution in [2.24, 2.45) is 5.73 Å². The van der Waals surface area contributed by atoms with E-state index in [0.717, 1.165) is 25.1 Å². The Hall–Kier alpha value is -2.07. The van der Waals surface area contributed by atoms with Crippen LogP contribution in [0.15, 0.2) is 36.4 Å². The van der Waals surface area contributed by atoms with Gasteiger partial charge in [0.05, 0.1) is 0 Å². The highest BCUT2D eigenvalue weighted by Gasteiger charge is 2.18. The van der Waals surface area contributed by atoms with Crippen molar-refractivity contribution < 1.29 is 0 Å². The van der Waals surface area contributed by atoms with E-state index in [1.54, 1.807) is 0 Å². The second-order valence-corrected chi connectivity index (χ2v) is 5.78. The first-order valence-corrected chi connectivity index (χ1v) is 7.64. The monoisotopic (exact) mass is 297 g/mol. The maximum Gasteiger partial charge on any atom is 0.168 e. The van der Waals surface area contributed by atoms with E-state index in [0.29, 0.717) is 5.11 Å². The summed E-state index contributed by atoms with van der Waals surface area (Å²) in [4.78, 5) is 0. The molecule has 4 heteroatoms. The molecular formula is C17H19N3S. The largest absolute Gasteiger partial charge is 0.385 e. The average molecular weight is 297 g/mol. The van der Waals surface area contributed by atoms with Crippen LogP contribution in [0.25, 0.3) is 11.1 Å². The van der Waals surface area contributed by atoms with Gasteiger partial charge in [0.25, 0.3) is 0 Å². The molecule has 0 unspecified atom stereocenters. The lowest BCUT2D eigenvalue weighted by atomic mass is 10.1. The lowest BCUT2D eigenvalue weighted by molar-refractivity contribution is 0.979. The molecule has 3 nitrogen and oxygen atoms in total. The van der Waals surface area contributed by atoms with Crippen LogP contribution in [0.2, 0.25) is 0 Å². The Labute approximate surface area is 130 Å². The zero-order valence-corrected chi connectivity index (χ0v) is 12.9. The summed E-state index contributed by atoms with van der Waals surface area (Å²) in [6, 6.07) is 12.9. The lowest BCUT2D eigenvalue weighted by Crippen LogP contribution is -2.18. The molecule has 0 saturated heterocycles. The number of anilines is 2. The molecule has 0 bridgehead atoms. The van der Waals surface area contributed by atoms with Crippen molar-refractivity contribution >= 4 is 28.7 Å². The van der Waals surface area contributed by atoms with Gasteiger partial charge in [0, 0.05) is 17.9 Å². The van der Waals surface area contributed by atoms with E-state index in [1.165, 1.54) is 27.9 Å². The lowest BCUT2D eigenvalue weighted by Gasteiger charge is -2.08. The molecule has 0 radical (unpaired) electrons. The molecule has 0 aliphatic heterocycles. The fraction of sp³-hybridized carbons (Fsp3) is 0.235. The molecule has 0 heterocycles. The van der Waals surface area contributed by atoms with E-state index in [4.69, 9.17) is 18.0 Å². The standard InChI is InChI=1S/C17H19N3S/c1-2-7-19-13-3-5-15-11(9-13)8-12-10-14(20-17(18)21)4-6-16(12)15/h3-6,9-10,19H,2,7-8H2,1H3,(H3,18,20,21). The first-order chi connectivity index (χ1) is 10.2. The number of benzene rings is 2. The van der Waals surface area contributed by atoms with Crippen molar-refractivity contribution in [1.29, 1.82) is 0 Å². The van der Waals surface area contributed by atoms with Crippen LogP contribution >= 0.6 is 12.2 Å². The quantitative estimate of drug-likeness (QED) is 0.642. The molecule has 3 rings (SSSR count). The highest BCUT2D eigenvalue weighted by molar-refractivity contribution is 7.80. The Morgan fingerprint density at radius 1 is 1.10 bits per heavy atom. The van der Waals surface area contributed by atoms with Gasteiger partial charge in [-0.3, -0.25) is 0 Å². The Morgan fingerprint density at radius 3 is 2.33 bits per heavy atom. The van der Waals surface area contributed by atoms with E-state index in [1.807, 2.05) is 6.07 Å². The van der Waals surface area contributed by atoms with Gasteiger partial charge in [-0.25, -0.2) is 0 Å². The molecular weight excluding hydrogens is 278 g/mol. The van der Waals surface area contributed by atoms with Gasteiger partial charge >= 0.3 is 0 Å². The number of fused-ring (bicyclic) bond motifs is 3. The Morgan fingerprint density at radius 2 is 1.71 bits per heavy atom. The van der Waals surface area contributed by atoms with Gasteiger partial charge in [-0.05, 0) is 71.6 Å². The summed E-state index contributed by atoms with van der Waals surface area (Å²) in [7, 11) is 0. The van der Waals surface area contributed by atoms with Crippen molar-refractivity contribution in [2.45, 2.75) is 19.8 Å². The number of hydrogen-bond acceptors (Lipinski definition) is 2. The zero-order valence-electron chi connectivity index (χ0n) is 12.1. The first kappa shape index (κ1) is 13.9. The van der Waals surface area contributed by atoms with Gasteiger partial charge < -0.3 is 16.4 Å². The van der Waals surface area contributed by atoms with Gasteiger partial charge in [-0.15, -0.1) is 0 Å². The van der Waals surface area contributed by atoms with Gasteiger partial charge in [0.15, 0.2) is 5.11 Å². The summed E-state index contributed by atoms with van der Waals surface area (Å²) in [5.41, 5.74) is 13.0. The summed E-state index contributed by atoms with van der Waals surface area (Å²) in [5.74, 6) is 0. The molecule has 0 fully saturated rings. The van der Waals surface area contributed by atoms with Crippen LogP contribution in [0.1, 0.15) is 24.5 Å². The number of thiocarbonyl (C=S) groups is 1. The molecule has 108 valence electrons. The molecule has 0 amide bonds. The van der Waals surface area contributed by atoms with Gasteiger partial charge in [-0.1, -0.05) is 19.1 Å². The van der Waals surface area contributed by atoms with Crippen LogP contribution in [0.3, 0.4) is 0 Å². The fourth-order valence-electron chi connectivity index (χ4n) is 2.81. The molecule has 2 aromatic carbocycles. The molecule has 0 aromatic heterocycles. The summed E-state index contributed by atoms with van der Waals surface area (Å²) in [5, 5.41) is 6.74. The smallest absolute Gasteiger partial charge is 0.168 e. The number of hydrogen-bond donors (Lipinski definition) is 3. The minimum absolute atomic E-state index is 0.302. The maximum absolute atomic E-state index is 5.53. The normalized spacial score (nSPS) is 11.7. The van der Waals surface area contributed by atoms with Crippen LogP contribution in [0, 0.1) is 0 Å². The zero-order chi connectivity index (χ0) is 14.8. The molecule has 0 saturated carbocycles. The molecule has 0 atom stereocenters. The average Bonchev–Trinajstić information content (AvgIpc) is 2.81. The first-order valence-electron chi connectivity index (χ1n) is 7.24. The summed E-state index contributed by atoms with van der Waals surface area (Å²) in [6.45, 7) is 3.18. The Kier molecular flexibility index (Phi) is 3.80. The summed E-state index contributed by atoms with van der Waals surface area (Å²) in [6.07, 6.45) is 2.09. The van der Waals surface area contributed by atoms with Gasteiger partial charge in [0.1, 0.15) is 0 Å². The second kappa shape index (κ2) is 5.74. The van der Waals surface area contributed by atoms with Crippen molar-refractivity contribution in [2.75, 3.05) is 17.2 Å². The third kappa shape index (κ3) is 2.85. The second-order valence-electron chi connectivity index (χ2n) is 5.34.